The molecule has 1 fully saturated rings. The van der Waals surface area contributed by atoms with E-state index < -0.39 is 10.8 Å². The van der Waals surface area contributed by atoms with E-state index in [1.807, 2.05) is 18.2 Å². The molecule has 3 unspecified atom stereocenters. The van der Waals surface area contributed by atoms with Gasteiger partial charge in [0.05, 0.1) is 16.0 Å². The molecule has 0 radical (unpaired) electrons. The molecule has 3 rings (SSSR count). The fourth-order valence-corrected chi connectivity index (χ4v) is 4.68. The molecule has 0 bridgehead atoms. The van der Waals surface area contributed by atoms with Crippen LogP contribution in [0, 0.1) is 0 Å². The smallest absolute Gasteiger partial charge is 0.162 e. The maximum Gasteiger partial charge on any atom is 0.162 e. The van der Waals surface area contributed by atoms with Crippen LogP contribution in [-0.4, -0.2) is 28.7 Å². The molecule has 0 amide bonds. The van der Waals surface area contributed by atoms with E-state index in [1.54, 1.807) is 0 Å². The molecule has 5 heteroatoms. The number of fused-ring (bicyclic) bond motifs is 1. The van der Waals surface area contributed by atoms with Crippen molar-refractivity contribution in [1.29, 1.82) is 0 Å². The van der Waals surface area contributed by atoms with Gasteiger partial charge >= 0.3 is 0 Å². The van der Waals surface area contributed by atoms with Gasteiger partial charge in [0, 0.05) is 17.0 Å². The Kier molecular flexibility index (Phi) is 4.80. The number of rotatable bonds is 2. The minimum atomic E-state index is -1.08. The predicted molar refractivity (Wildman–Crippen MR) is 83.3 cm³/mol. The van der Waals surface area contributed by atoms with Crippen molar-refractivity contribution < 1.29 is 13.7 Å². The summed E-state index contributed by atoms with van der Waals surface area (Å²) in [5.41, 5.74) is 6.28. The first-order valence-electron chi connectivity index (χ1n) is 7.81. The summed E-state index contributed by atoms with van der Waals surface area (Å²) >= 11 is 0. The van der Waals surface area contributed by atoms with E-state index in [4.69, 9.17) is 15.2 Å². The zero-order valence-electron chi connectivity index (χ0n) is 12.3. The quantitative estimate of drug-likeness (QED) is 0.912. The third-order valence-electron chi connectivity index (χ3n) is 4.27. The van der Waals surface area contributed by atoms with Gasteiger partial charge in [0.2, 0.25) is 0 Å². The number of hydrogen-bond donors (Lipinski definition) is 1. The first kappa shape index (κ1) is 14.9. The van der Waals surface area contributed by atoms with Crippen LogP contribution in [0.5, 0.6) is 11.5 Å². The molecule has 2 N–H and O–H groups in total. The molecular weight excluding hydrogens is 286 g/mol. The van der Waals surface area contributed by atoms with Crippen molar-refractivity contribution in [3.63, 3.8) is 0 Å². The van der Waals surface area contributed by atoms with Gasteiger partial charge in [-0.3, -0.25) is 4.21 Å². The number of ether oxygens (including phenoxy) is 2. The summed E-state index contributed by atoms with van der Waals surface area (Å²) in [6, 6.07) is 5.63. The van der Waals surface area contributed by atoms with E-state index in [2.05, 4.69) is 0 Å². The highest BCUT2D eigenvalue weighted by molar-refractivity contribution is 7.85. The van der Waals surface area contributed by atoms with Crippen LogP contribution in [0.3, 0.4) is 0 Å². The third-order valence-corrected chi connectivity index (χ3v) is 6.13. The monoisotopic (exact) mass is 309 g/mol. The Hall–Kier alpha value is -1.07. The molecule has 1 saturated carbocycles. The van der Waals surface area contributed by atoms with E-state index in [0.717, 1.165) is 36.3 Å². The van der Waals surface area contributed by atoms with Crippen LogP contribution >= 0.6 is 0 Å². The van der Waals surface area contributed by atoms with Crippen molar-refractivity contribution >= 4 is 10.8 Å². The molecular formula is C16H23NO3S. The molecule has 2 aliphatic rings. The SMILES string of the molecule is NC1CCCCCCC1S(=O)c1ccc2c(c1)OCCO2. The third kappa shape index (κ3) is 3.40. The summed E-state index contributed by atoms with van der Waals surface area (Å²) in [6.45, 7) is 1.12. The zero-order valence-corrected chi connectivity index (χ0v) is 13.1. The maximum atomic E-state index is 12.9. The van der Waals surface area contributed by atoms with Crippen LogP contribution in [-0.2, 0) is 10.8 Å². The highest BCUT2D eigenvalue weighted by Gasteiger charge is 2.27. The molecule has 1 aliphatic heterocycles. The van der Waals surface area contributed by atoms with Crippen LogP contribution in [0.2, 0.25) is 0 Å². The molecule has 1 aromatic rings. The van der Waals surface area contributed by atoms with E-state index in [9.17, 15) is 4.21 Å². The van der Waals surface area contributed by atoms with E-state index in [-0.39, 0.29) is 11.3 Å². The molecule has 116 valence electrons. The van der Waals surface area contributed by atoms with Gasteiger partial charge < -0.3 is 15.2 Å². The zero-order chi connectivity index (χ0) is 14.7. The van der Waals surface area contributed by atoms with Crippen LogP contribution in [0.15, 0.2) is 23.1 Å². The lowest BCUT2D eigenvalue weighted by molar-refractivity contribution is 0.171. The van der Waals surface area contributed by atoms with Gasteiger partial charge in [-0.1, -0.05) is 25.7 Å². The van der Waals surface area contributed by atoms with Gasteiger partial charge in [0.1, 0.15) is 13.2 Å². The fraction of sp³-hybridized carbons (Fsp3) is 0.625. The highest BCUT2D eigenvalue weighted by Crippen LogP contribution is 2.33. The summed E-state index contributed by atoms with van der Waals surface area (Å²) in [7, 11) is -1.08. The van der Waals surface area contributed by atoms with E-state index in [0.29, 0.717) is 19.0 Å². The first-order valence-corrected chi connectivity index (χ1v) is 9.03. The first-order chi connectivity index (χ1) is 10.3. The number of hydrogen-bond acceptors (Lipinski definition) is 4. The second kappa shape index (κ2) is 6.79. The predicted octanol–water partition coefficient (Wildman–Crippen LogP) is 2.62. The molecule has 0 aromatic heterocycles. The molecule has 0 saturated heterocycles. The minimum absolute atomic E-state index is 0.0272. The Labute approximate surface area is 128 Å². The molecule has 4 nitrogen and oxygen atoms in total. The van der Waals surface area contributed by atoms with Crippen LogP contribution in [0.25, 0.3) is 0 Å². The van der Waals surface area contributed by atoms with Gasteiger partial charge in [-0.2, -0.15) is 0 Å². The van der Waals surface area contributed by atoms with Gasteiger partial charge in [-0.05, 0) is 25.0 Å². The van der Waals surface area contributed by atoms with E-state index in [1.165, 1.54) is 12.8 Å². The van der Waals surface area contributed by atoms with Gasteiger partial charge in [-0.25, -0.2) is 0 Å². The molecule has 3 atom stereocenters. The van der Waals surface area contributed by atoms with Crippen molar-refractivity contribution in [2.24, 2.45) is 5.73 Å². The number of nitrogens with two attached hydrogens (primary N) is 1. The molecule has 1 aromatic carbocycles. The molecule has 0 spiro atoms. The normalized spacial score (nSPS) is 27.5. The standard InChI is InChI=1S/C16H23NO3S/c17-13-5-3-1-2-4-6-16(13)21(18)12-7-8-14-15(11-12)20-10-9-19-14/h7-8,11,13,16H,1-6,9-10,17H2. The van der Waals surface area contributed by atoms with Gasteiger partial charge in [0.25, 0.3) is 0 Å². The second-order valence-corrected chi connectivity index (χ2v) is 7.47. The van der Waals surface area contributed by atoms with Gasteiger partial charge in [0.15, 0.2) is 11.5 Å². The van der Waals surface area contributed by atoms with Crippen LogP contribution in [0.1, 0.15) is 38.5 Å². The average Bonchev–Trinajstić information content (AvgIpc) is 2.50. The minimum Gasteiger partial charge on any atom is -0.486 e. The van der Waals surface area contributed by atoms with Gasteiger partial charge in [-0.15, -0.1) is 0 Å². The van der Waals surface area contributed by atoms with Crippen LogP contribution < -0.4 is 15.2 Å². The average molecular weight is 309 g/mol. The summed E-state index contributed by atoms with van der Waals surface area (Å²) in [4.78, 5) is 0.806. The lowest BCUT2D eigenvalue weighted by Gasteiger charge is -2.26. The lowest BCUT2D eigenvalue weighted by atomic mass is 9.97. The van der Waals surface area contributed by atoms with Crippen molar-refractivity contribution in [2.45, 2.75) is 54.7 Å². The van der Waals surface area contributed by atoms with Crippen molar-refractivity contribution in [3.05, 3.63) is 18.2 Å². The molecule has 21 heavy (non-hydrogen) atoms. The van der Waals surface area contributed by atoms with E-state index >= 15 is 0 Å². The maximum absolute atomic E-state index is 12.9. The molecule has 1 aliphatic carbocycles. The summed E-state index contributed by atoms with van der Waals surface area (Å²) < 4.78 is 24.0. The van der Waals surface area contributed by atoms with Crippen LogP contribution in [0.4, 0.5) is 0 Å². The Bertz CT molecular complexity index is 520. The molecule has 1 heterocycles. The highest BCUT2D eigenvalue weighted by atomic mass is 32.2. The Morgan fingerprint density at radius 2 is 1.71 bits per heavy atom. The fourth-order valence-electron chi connectivity index (χ4n) is 3.07. The summed E-state index contributed by atoms with van der Waals surface area (Å²) in [5.74, 6) is 1.44. The Morgan fingerprint density at radius 1 is 1.00 bits per heavy atom. The summed E-state index contributed by atoms with van der Waals surface area (Å²) in [6.07, 6.45) is 6.66. The largest absolute Gasteiger partial charge is 0.486 e. The Morgan fingerprint density at radius 3 is 2.52 bits per heavy atom. The topological polar surface area (TPSA) is 61.6 Å². The lowest BCUT2D eigenvalue weighted by Crippen LogP contribution is -2.38. The number of benzene rings is 1. The van der Waals surface area contributed by atoms with Crippen molar-refractivity contribution in [1.82, 2.24) is 0 Å². The van der Waals surface area contributed by atoms with Crippen molar-refractivity contribution in [3.8, 4) is 11.5 Å². The summed E-state index contributed by atoms with van der Waals surface area (Å²) in [5, 5.41) is 0.0489. The van der Waals surface area contributed by atoms with Crippen molar-refractivity contribution in [2.75, 3.05) is 13.2 Å². The second-order valence-electron chi connectivity index (χ2n) is 5.80. The Balaban J connectivity index is 1.79.